The molecule has 0 bridgehead atoms. The van der Waals surface area contributed by atoms with Crippen LogP contribution in [0.1, 0.15) is 66.8 Å². The molecule has 0 saturated heterocycles. The number of hydrogen-bond donors (Lipinski definition) is 0. The zero-order chi connectivity index (χ0) is 56.5. The fraction of sp³-hybridized carbons (Fsp3) is 0.0244. The lowest BCUT2D eigenvalue weighted by Gasteiger charge is -2.26. The SMILES string of the molecule is C(=C\c1ccc(/C=C/c2ccc(N(c3ccc(Cc4ccccc4)cc3)c3ccc(-c4ccc(N(c5ccc(/C=C/c6ccc(/C=C/c7ccccc7)cc6)cc5)c5ccc(Cc6ccccc6)cc5)cc4)cc3)cc2)cc1)/c1ccccc1. The van der Waals surface area contributed by atoms with E-state index in [4.69, 9.17) is 0 Å². The average molecular weight is 1080 g/mol. The Morgan fingerprint density at radius 1 is 0.167 bits per heavy atom. The molecule has 2 nitrogen and oxygen atoms in total. The van der Waals surface area contributed by atoms with Crippen molar-refractivity contribution >= 4 is 82.7 Å². The van der Waals surface area contributed by atoms with Crippen LogP contribution < -0.4 is 9.80 Å². The summed E-state index contributed by atoms with van der Waals surface area (Å²) in [5.41, 5.74) is 23.3. The summed E-state index contributed by atoms with van der Waals surface area (Å²) in [5.74, 6) is 0. The van der Waals surface area contributed by atoms with Gasteiger partial charge in [0.05, 0.1) is 0 Å². The number of rotatable bonds is 19. The molecule has 84 heavy (non-hydrogen) atoms. The molecular formula is C82H64N2. The monoisotopic (exact) mass is 1080 g/mol. The highest BCUT2D eigenvalue weighted by atomic mass is 15.1. The molecule has 12 aromatic rings. The largest absolute Gasteiger partial charge is 0.311 e. The number of benzene rings is 12. The van der Waals surface area contributed by atoms with Gasteiger partial charge in [-0.25, -0.2) is 0 Å². The quantitative estimate of drug-likeness (QED) is 0.0745. The van der Waals surface area contributed by atoms with Crippen molar-refractivity contribution in [3.63, 3.8) is 0 Å². The molecule has 12 aromatic carbocycles. The molecule has 0 atom stereocenters. The van der Waals surface area contributed by atoms with Crippen LogP contribution in [0.4, 0.5) is 34.1 Å². The summed E-state index contributed by atoms with van der Waals surface area (Å²) in [6.07, 6.45) is 19.1. The van der Waals surface area contributed by atoms with E-state index >= 15 is 0 Å². The lowest BCUT2D eigenvalue weighted by atomic mass is 10.0. The van der Waals surface area contributed by atoms with E-state index in [1.807, 2.05) is 12.1 Å². The van der Waals surface area contributed by atoms with E-state index in [1.54, 1.807) is 0 Å². The summed E-state index contributed by atoms with van der Waals surface area (Å²) in [7, 11) is 0. The molecule has 0 unspecified atom stereocenters. The molecular weight excluding hydrogens is 1010 g/mol. The summed E-state index contributed by atoms with van der Waals surface area (Å²) in [6.45, 7) is 0. The average Bonchev–Trinajstić information content (AvgIpc) is 3.76. The maximum atomic E-state index is 2.35. The highest BCUT2D eigenvalue weighted by molar-refractivity contribution is 5.83. The van der Waals surface area contributed by atoms with Gasteiger partial charge >= 0.3 is 0 Å². The fourth-order valence-electron chi connectivity index (χ4n) is 10.5. The first-order valence-electron chi connectivity index (χ1n) is 28.9. The van der Waals surface area contributed by atoms with Crippen molar-refractivity contribution in [3.8, 4) is 11.1 Å². The summed E-state index contributed by atoms with van der Waals surface area (Å²) in [6, 6.07) is 113. The summed E-state index contributed by atoms with van der Waals surface area (Å²) < 4.78 is 0. The molecule has 0 fully saturated rings. The smallest absolute Gasteiger partial charge is 0.0462 e. The molecule has 0 spiro atoms. The Morgan fingerprint density at radius 3 is 0.595 bits per heavy atom. The Hall–Kier alpha value is -10.8. The third-order valence-electron chi connectivity index (χ3n) is 15.1. The lowest BCUT2D eigenvalue weighted by Crippen LogP contribution is -2.10. The zero-order valence-corrected chi connectivity index (χ0v) is 46.9. The van der Waals surface area contributed by atoms with Gasteiger partial charge in [-0.3, -0.25) is 0 Å². The Labute approximate surface area is 495 Å². The highest BCUT2D eigenvalue weighted by Gasteiger charge is 2.16. The molecule has 0 aromatic heterocycles. The van der Waals surface area contributed by atoms with Gasteiger partial charge in [-0.1, -0.05) is 291 Å². The minimum Gasteiger partial charge on any atom is -0.311 e. The van der Waals surface area contributed by atoms with E-state index in [-0.39, 0.29) is 0 Å². The topological polar surface area (TPSA) is 6.48 Å². The Morgan fingerprint density at radius 2 is 0.345 bits per heavy atom. The molecule has 0 heterocycles. The van der Waals surface area contributed by atoms with E-state index in [9.17, 15) is 0 Å². The molecule has 0 N–H and O–H groups in total. The van der Waals surface area contributed by atoms with Crippen molar-refractivity contribution in [2.24, 2.45) is 0 Å². The van der Waals surface area contributed by atoms with Gasteiger partial charge in [0, 0.05) is 34.1 Å². The van der Waals surface area contributed by atoms with Crippen molar-refractivity contribution in [1.82, 2.24) is 0 Å². The van der Waals surface area contributed by atoms with E-state index in [0.717, 1.165) is 80.3 Å². The van der Waals surface area contributed by atoms with E-state index < -0.39 is 0 Å². The molecule has 0 aliphatic heterocycles. The van der Waals surface area contributed by atoms with Crippen molar-refractivity contribution in [1.29, 1.82) is 0 Å². The lowest BCUT2D eigenvalue weighted by molar-refractivity contribution is 1.18. The Bertz CT molecular complexity index is 3830. The van der Waals surface area contributed by atoms with Crippen LogP contribution in [0, 0.1) is 0 Å². The number of hydrogen-bond acceptors (Lipinski definition) is 2. The van der Waals surface area contributed by atoms with E-state index in [0.29, 0.717) is 0 Å². The normalized spacial score (nSPS) is 11.5. The fourth-order valence-corrected chi connectivity index (χ4v) is 10.5. The van der Waals surface area contributed by atoms with Gasteiger partial charge in [-0.05, 0) is 164 Å². The van der Waals surface area contributed by atoms with Gasteiger partial charge < -0.3 is 9.80 Å². The van der Waals surface area contributed by atoms with Crippen molar-refractivity contribution in [3.05, 3.63) is 382 Å². The highest BCUT2D eigenvalue weighted by Crippen LogP contribution is 2.39. The molecule has 402 valence electrons. The van der Waals surface area contributed by atoms with Crippen LogP contribution in [0.15, 0.2) is 315 Å². The van der Waals surface area contributed by atoms with Crippen molar-refractivity contribution in [2.45, 2.75) is 12.8 Å². The second kappa shape index (κ2) is 26.6. The Kier molecular flexibility index (Phi) is 17.1. The predicted octanol–water partition coefficient (Wildman–Crippen LogP) is 22.2. The van der Waals surface area contributed by atoms with Crippen LogP contribution in [-0.4, -0.2) is 0 Å². The van der Waals surface area contributed by atoms with Gasteiger partial charge in [-0.15, -0.1) is 0 Å². The van der Waals surface area contributed by atoms with Gasteiger partial charge in [0.15, 0.2) is 0 Å². The Balaban J connectivity index is 0.781. The first kappa shape index (κ1) is 53.8. The van der Waals surface area contributed by atoms with Crippen molar-refractivity contribution in [2.75, 3.05) is 9.80 Å². The first-order chi connectivity index (χ1) is 41.6. The second-order valence-electron chi connectivity index (χ2n) is 21.1. The van der Waals surface area contributed by atoms with E-state index in [2.05, 4.69) is 362 Å². The standard InChI is InChI=1S/C82H64N2/c1-5-13-63(14-6-1)21-23-65-25-29-67(30-26-65)33-35-69-37-49-77(50-38-69)83(79-53-41-73(42-54-79)61-71-17-9-3-10-18-71)81-57-45-75(46-58-81)76-47-59-82(60-48-76)84(80-55-43-74(44-56-80)62-72-19-11-4-12-20-72)78-51-39-70(40-52-78)36-34-68-31-27-66(28-32-68)24-22-64-15-7-2-8-16-64/h1-60H,61-62H2/b23-21+,24-22+,35-33+,36-34+. The van der Waals surface area contributed by atoms with Crippen LogP contribution in [0.3, 0.4) is 0 Å². The van der Waals surface area contributed by atoms with Gasteiger partial charge in [0.1, 0.15) is 0 Å². The predicted molar refractivity (Wildman–Crippen MR) is 361 cm³/mol. The first-order valence-corrected chi connectivity index (χ1v) is 28.9. The molecule has 0 amide bonds. The van der Waals surface area contributed by atoms with Crippen LogP contribution in [0.5, 0.6) is 0 Å². The third kappa shape index (κ3) is 14.2. The minimum atomic E-state index is 0.886. The molecule has 0 aliphatic rings. The summed E-state index contributed by atoms with van der Waals surface area (Å²) in [4.78, 5) is 4.70. The van der Waals surface area contributed by atoms with Crippen LogP contribution in [-0.2, 0) is 12.8 Å². The number of nitrogens with zero attached hydrogens (tertiary/aromatic N) is 2. The maximum absolute atomic E-state index is 2.35. The summed E-state index contributed by atoms with van der Waals surface area (Å²) >= 11 is 0. The van der Waals surface area contributed by atoms with Crippen LogP contribution >= 0.6 is 0 Å². The molecule has 12 rings (SSSR count). The zero-order valence-electron chi connectivity index (χ0n) is 46.9. The van der Waals surface area contributed by atoms with Crippen LogP contribution in [0.25, 0.3) is 59.7 Å². The molecule has 0 aliphatic carbocycles. The van der Waals surface area contributed by atoms with Gasteiger partial charge in [0.2, 0.25) is 0 Å². The molecule has 2 heteroatoms. The maximum Gasteiger partial charge on any atom is 0.0462 e. The minimum absolute atomic E-state index is 0.886. The van der Waals surface area contributed by atoms with Gasteiger partial charge in [0.25, 0.3) is 0 Å². The third-order valence-corrected chi connectivity index (χ3v) is 15.1. The van der Waals surface area contributed by atoms with Gasteiger partial charge in [-0.2, -0.15) is 0 Å². The molecule has 0 saturated carbocycles. The molecule has 0 radical (unpaired) electrons. The van der Waals surface area contributed by atoms with Crippen LogP contribution in [0.2, 0.25) is 0 Å². The summed E-state index contributed by atoms with van der Waals surface area (Å²) in [5, 5.41) is 0. The van der Waals surface area contributed by atoms with Crippen molar-refractivity contribution < 1.29 is 0 Å². The second-order valence-corrected chi connectivity index (χ2v) is 21.1. The van der Waals surface area contributed by atoms with E-state index in [1.165, 1.54) is 44.5 Å². The number of anilines is 6.